The van der Waals surface area contributed by atoms with Crippen molar-refractivity contribution in [3.05, 3.63) is 95.8 Å². The predicted octanol–water partition coefficient (Wildman–Crippen LogP) is 14.1. The molecule has 2 aliphatic carbocycles. The molecule has 2 saturated carbocycles. The van der Waals surface area contributed by atoms with Crippen LogP contribution in [0.1, 0.15) is 178 Å². The van der Waals surface area contributed by atoms with Crippen molar-refractivity contribution in [2.75, 3.05) is 0 Å². The van der Waals surface area contributed by atoms with Crippen molar-refractivity contribution >= 4 is 0 Å². The fourth-order valence-corrected chi connectivity index (χ4v) is 9.30. The Morgan fingerprint density at radius 1 is 0.473 bits per heavy atom. The summed E-state index contributed by atoms with van der Waals surface area (Å²) in [4.78, 5) is 19.3. The molecule has 2 fully saturated rings. The zero-order chi connectivity index (χ0) is 38.2. The Morgan fingerprint density at radius 2 is 0.873 bits per heavy atom. The van der Waals surface area contributed by atoms with Crippen LogP contribution in [0.25, 0.3) is 22.5 Å². The number of ether oxygens (including phenoxy) is 1. The van der Waals surface area contributed by atoms with Crippen LogP contribution in [0.5, 0.6) is 0 Å². The summed E-state index contributed by atoms with van der Waals surface area (Å²) in [7, 11) is 0. The van der Waals surface area contributed by atoms with Gasteiger partial charge in [0.05, 0.1) is 47.4 Å². The van der Waals surface area contributed by atoms with Gasteiger partial charge in [0.1, 0.15) is 0 Å². The molecule has 6 rings (SSSR count). The van der Waals surface area contributed by atoms with Crippen molar-refractivity contribution in [3.8, 4) is 22.5 Å². The molecule has 2 atom stereocenters. The molecular formula is C50H70N4O. The van der Waals surface area contributed by atoms with Crippen LogP contribution in [-0.2, 0) is 17.6 Å². The van der Waals surface area contributed by atoms with Gasteiger partial charge in [0.2, 0.25) is 0 Å². The molecule has 55 heavy (non-hydrogen) atoms. The molecule has 0 saturated heterocycles. The summed E-state index contributed by atoms with van der Waals surface area (Å²) < 4.78 is 7.62. The molecular weight excluding hydrogens is 673 g/mol. The molecule has 5 nitrogen and oxygen atoms in total. The van der Waals surface area contributed by atoms with Crippen LogP contribution in [0.2, 0.25) is 0 Å². The lowest BCUT2D eigenvalue weighted by Gasteiger charge is -2.40. The Kier molecular flexibility index (Phi) is 16.3. The van der Waals surface area contributed by atoms with Gasteiger partial charge in [-0.05, 0) is 86.2 Å². The van der Waals surface area contributed by atoms with Gasteiger partial charge in [-0.2, -0.15) is 0 Å². The van der Waals surface area contributed by atoms with E-state index in [0.717, 1.165) is 58.6 Å². The van der Waals surface area contributed by atoms with Gasteiger partial charge in [-0.25, -0.2) is 0 Å². The number of nitrogens with zero attached hydrogens (tertiary/aromatic N) is 4. The number of hydrogen-bond donors (Lipinski definition) is 0. The highest BCUT2D eigenvalue weighted by molar-refractivity contribution is 5.59. The van der Waals surface area contributed by atoms with E-state index in [2.05, 4.69) is 76.2 Å². The van der Waals surface area contributed by atoms with E-state index in [1.54, 1.807) is 0 Å². The second kappa shape index (κ2) is 21.8. The summed E-state index contributed by atoms with van der Waals surface area (Å²) in [5.41, 5.74) is 8.94. The molecule has 0 spiro atoms. The SMILES string of the molecule is CCCCCCc1cnc(-c2ccc(C(OC(c3ccc(-c4cnc(CCCCCC)cn4)cc3)[C@H]3CC[C@H](CC)CC3)[C@H]3CC[C@H](CC)CC3)cc2)cn1. The van der Waals surface area contributed by atoms with Crippen molar-refractivity contribution in [2.24, 2.45) is 23.7 Å². The Bertz CT molecular complexity index is 1510. The number of aryl methyl sites for hydroxylation is 2. The smallest absolute Gasteiger partial charge is 0.0885 e. The van der Waals surface area contributed by atoms with Crippen LogP contribution in [0.15, 0.2) is 73.3 Å². The van der Waals surface area contributed by atoms with Crippen molar-refractivity contribution < 1.29 is 4.74 Å². The Labute approximate surface area is 334 Å². The van der Waals surface area contributed by atoms with E-state index in [9.17, 15) is 0 Å². The predicted molar refractivity (Wildman–Crippen MR) is 229 cm³/mol. The first-order chi connectivity index (χ1) is 27.1. The largest absolute Gasteiger partial charge is 0.365 e. The minimum atomic E-state index is 0.0627. The molecule has 0 bridgehead atoms. The molecule has 0 aliphatic heterocycles. The number of aromatic nitrogens is 4. The number of rotatable bonds is 20. The summed E-state index contributed by atoms with van der Waals surface area (Å²) in [6.07, 6.45) is 32.7. The molecule has 0 amide bonds. The van der Waals surface area contributed by atoms with Gasteiger partial charge >= 0.3 is 0 Å². The first-order valence-electron chi connectivity index (χ1n) is 22.6. The van der Waals surface area contributed by atoms with E-state index >= 15 is 0 Å². The third kappa shape index (κ3) is 11.8. The maximum Gasteiger partial charge on any atom is 0.0885 e. The molecule has 0 radical (unpaired) electrons. The van der Waals surface area contributed by atoms with E-state index in [-0.39, 0.29) is 12.2 Å². The minimum Gasteiger partial charge on any atom is -0.365 e. The molecule has 2 aromatic heterocycles. The summed E-state index contributed by atoms with van der Waals surface area (Å²) >= 11 is 0. The highest BCUT2D eigenvalue weighted by Crippen LogP contribution is 2.47. The maximum atomic E-state index is 7.62. The van der Waals surface area contributed by atoms with E-state index in [1.807, 2.05) is 24.8 Å². The van der Waals surface area contributed by atoms with Crippen LogP contribution < -0.4 is 0 Å². The molecule has 2 aliphatic rings. The fraction of sp³-hybridized carbons (Fsp3) is 0.600. The number of hydrogen-bond acceptors (Lipinski definition) is 5. The first kappa shape index (κ1) is 41.2. The fourth-order valence-electron chi connectivity index (χ4n) is 9.30. The summed E-state index contributed by atoms with van der Waals surface area (Å²) in [6.45, 7) is 9.24. The molecule has 5 heteroatoms. The van der Waals surface area contributed by atoms with E-state index in [4.69, 9.17) is 24.7 Å². The van der Waals surface area contributed by atoms with Crippen molar-refractivity contribution in [1.29, 1.82) is 0 Å². The van der Waals surface area contributed by atoms with Crippen LogP contribution in [0.4, 0.5) is 0 Å². The zero-order valence-electron chi connectivity index (χ0n) is 34.7. The topological polar surface area (TPSA) is 60.8 Å². The van der Waals surface area contributed by atoms with Gasteiger partial charge < -0.3 is 4.74 Å². The van der Waals surface area contributed by atoms with Crippen molar-refractivity contribution in [3.63, 3.8) is 0 Å². The third-order valence-electron chi connectivity index (χ3n) is 13.1. The molecule has 4 aromatic rings. The van der Waals surface area contributed by atoms with Gasteiger partial charge in [-0.3, -0.25) is 19.9 Å². The highest BCUT2D eigenvalue weighted by Gasteiger charge is 2.35. The minimum absolute atomic E-state index is 0.0627. The molecule has 2 unspecified atom stereocenters. The van der Waals surface area contributed by atoms with Crippen LogP contribution in [-0.4, -0.2) is 19.9 Å². The molecule has 296 valence electrons. The summed E-state index contributed by atoms with van der Waals surface area (Å²) in [6, 6.07) is 18.3. The monoisotopic (exact) mass is 743 g/mol. The van der Waals surface area contributed by atoms with E-state index in [0.29, 0.717) is 11.8 Å². The zero-order valence-corrected chi connectivity index (χ0v) is 34.7. The maximum absolute atomic E-state index is 7.62. The second-order valence-corrected chi connectivity index (χ2v) is 17.0. The van der Waals surface area contributed by atoms with Crippen molar-refractivity contribution in [1.82, 2.24) is 19.9 Å². The average molecular weight is 743 g/mol. The first-order valence-corrected chi connectivity index (χ1v) is 22.6. The van der Waals surface area contributed by atoms with E-state index in [1.165, 1.54) is 127 Å². The standard InChI is InChI=1S/C50H70N4O/c1-5-9-11-13-15-45-33-53-47(35-51-45)39-25-29-43(30-26-39)49(41-21-17-37(7-3)18-22-41)55-50(42-23-19-38(8-4)20-24-42)44-31-27-40(28-32-44)48-36-52-46(34-54-48)16-14-12-10-6-2/h25-38,41-42,49-50H,5-24H2,1-4H3/t37-,38-,41-,42-,49?,50?. The van der Waals surface area contributed by atoms with Crippen LogP contribution in [0.3, 0.4) is 0 Å². The van der Waals surface area contributed by atoms with Gasteiger partial charge in [0, 0.05) is 23.5 Å². The van der Waals surface area contributed by atoms with E-state index < -0.39 is 0 Å². The van der Waals surface area contributed by atoms with Crippen molar-refractivity contribution in [2.45, 2.75) is 168 Å². The van der Waals surface area contributed by atoms with Gasteiger partial charge in [-0.1, -0.05) is 153 Å². The van der Waals surface area contributed by atoms with Gasteiger partial charge in [0.25, 0.3) is 0 Å². The van der Waals surface area contributed by atoms with Crippen LogP contribution in [0, 0.1) is 23.7 Å². The average Bonchev–Trinajstić information content (AvgIpc) is 3.25. The Morgan fingerprint density at radius 3 is 1.20 bits per heavy atom. The summed E-state index contributed by atoms with van der Waals surface area (Å²) in [5, 5.41) is 0. The Balaban J connectivity index is 1.22. The van der Waals surface area contributed by atoms with Gasteiger partial charge in [-0.15, -0.1) is 0 Å². The van der Waals surface area contributed by atoms with Crippen LogP contribution >= 0.6 is 0 Å². The quantitative estimate of drug-likeness (QED) is 0.0844. The molecule has 0 N–H and O–H groups in total. The highest BCUT2D eigenvalue weighted by atomic mass is 16.5. The Hall–Kier alpha value is -3.44. The lowest BCUT2D eigenvalue weighted by molar-refractivity contribution is -0.0905. The lowest BCUT2D eigenvalue weighted by Crippen LogP contribution is -2.28. The third-order valence-corrected chi connectivity index (χ3v) is 13.1. The van der Waals surface area contributed by atoms with Gasteiger partial charge in [0.15, 0.2) is 0 Å². The molecule has 2 aromatic carbocycles. The number of benzene rings is 2. The second-order valence-electron chi connectivity index (χ2n) is 17.0. The lowest BCUT2D eigenvalue weighted by atomic mass is 9.75. The normalized spacial score (nSPS) is 21.3. The number of unbranched alkanes of at least 4 members (excludes halogenated alkanes) is 6. The molecule has 2 heterocycles. The summed E-state index contributed by atoms with van der Waals surface area (Å²) in [5.74, 6) is 2.73.